The predicted molar refractivity (Wildman–Crippen MR) is 144 cm³/mol. The molecule has 0 unspecified atom stereocenters. The summed E-state index contributed by atoms with van der Waals surface area (Å²) in [6, 6.07) is 22.9. The van der Waals surface area contributed by atoms with Gasteiger partial charge in [0, 0.05) is 23.3 Å². The van der Waals surface area contributed by atoms with Gasteiger partial charge < -0.3 is 10.4 Å². The number of non-ortho nitro benzene ring substituents is 1. The Bertz CT molecular complexity index is 1550. The molecule has 10 heteroatoms. The van der Waals surface area contributed by atoms with E-state index in [9.17, 15) is 24.8 Å². The zero-order chi connectivity index (χ0) is 26.4. The fourth-order valence-electron chi connectivity index (χ4n) is 3.48. The minimum Gasteiger partial charge on any atom is -0.506 e. The highest BCUT2D eigenvalue weighted by Gasteiger charge is 2.15. The molecule has 0 saturated carbocycles. The third-order valence-corrected chi connectivity index (χ3v) is 5.92. The maximum absolute atomic E-state index is 13.0. The second-order valence-corrected chi connectivity index (χ2v) is 8.62. The van der Waals surface area contributed by atoms with Crippen molar-refractivity contribution < 1.29 is 19.6 Å². The van der Waals surface area contributed by atoms with Crippen LogP contribution < -0.4 is 10.7 Å². The van der Waals surface area contributed by atoms with Crippen LogP contribution in [0.25, 0.3) is 16.8 Å². The molecule has 4 rings (SSSR count). The van der Waals surface area contributed by atoms with Crippen LogP contribution in [0, 0.1) is 10.1 Å². The Balaban J connectivity index is 1.62. The molecule has 0 aromatic heterocycles. The summed E-state index contributed by atoms with van der Waals surface area (Å²) in [5, 5.41) is 29.6. The number of nitro groups is 1. The maximum Gasteiger partial charge on any atom is 0.287 e. The van der Waals surface area contributed by atoms with Gasteiger partial charge in [0.25, 0.3) is 17.5 Å². The standard InChI is InChI=1S/C27H19BrN4O5/c28-23-15-19-8-4-5-9-21(19)22(25(23)33)16-29-31-27(35)24(30-26(34)18-6-2-1-3-7-18)14-17-10-12-20(13-11-17)32(36)37/h1-16,33H,(H,30,34)(H,31,35)/b24-14-,29-16-. The first kappa shape index (κ1) is 25.3. The Morgan fingerprint density at radius 3 is 2.35 bits per heavy atom. The first-order valence-corrected chi connectivity index (χ1v) is 11.7. The summed E-state index contributed by atoms with van der Waals surface area (Å²) in [7, 11) is 0. The lowest BCUT2D eigenvalue weighted by atomic mass is 10.0. The van der Waals surface area contributed by atoms with E-state index in [1.54, 1.807) is 36.4 Å². The van der Waals surface area contributed by atoms with Gasteiger partial charge in [-0.1, -0.05) is 42.5 Å². The van der Waals surface area contributed by atoms with E-state index in [4.69, 9.17) is 0 Å². The normalized spacial score (nSPS) is 11.4. The summed E-state index contributed by atoms with van der Waals surface area (Å²) < 4.78 is 0.466. The molecule has 3 N–H and O–H groups in total. The van der Waals surface area contributed by atoms with Gasteiger partial charge in [-0.3, -0.25) is 19.7 Å². The van der Waals surface area contributed by atoms with Crippen LogP contribution in [-0.4, -0.2) is 28.1 Å². The van der Waals surface area contributed by atoms with E-state index in [0.717, 1.165) is 10.8 Å². The van der Waals surface area contributed by atoms with Crippen LogP contribution in [0.5, 0.6) is 5.75 Å². The molecule has 0 aliphatic carbocycles. The van der Waals surface area contributed by atoms with Crippen LogP contribution in [0.15, 0.2) is 100 Å². The van der Waals surface area contributed by atoms with E-state index < -0.39 is 16.7 Å². The Morgan fingerprint density at radius 2 is 1.65 bits per heavy atom. The Hall–Kier alpha value is -4.83. The Labute approximate surface area is 219 Å². The molecule has 2 amide bonds. The van der Waals surface area contributed by atoms with Crippen LogP contribution in [-0.2, 0) is 4.79 Å². The molecule has 0 aliphatic heterocycles. The number of hydrogen-bond donors (Lipinski definition) is 3. The lowest BCUT2D eigenvalue weighted by molar-refractivity contribution is -0.384. The maximum atomic E-state index is 13.0. The number of benzene rings is 4. The monoisotopic (exact) mass is 558 g/mol. The van der Waals surface area contributed by atoms with E-state index in [1.807, 2.05) is 24.3 Å². The number of nitro benzene ring substituents is 1. The molecule has 9 nitrogen and oxygen atoms in total. The molecule has 37 heavy (non-hydrogen) atoms. The number of rotatable bonds is 7. The van der Waals surface area contributed by atoms with Gasteiger partial charge in [0.1, 0.15) is 11.4 Å². The fraction of sp³-hybridized carbons (Fsp3) is 0. The number of hydrazone groups is 1. The summed E-state index contributed by atoms with van der Waals surface area (Å²) in [6.45, 7) is 0. The van der Waals surface area contributed by atoms with Crippen molar-refractivity contribution in [2.24, 2.45) is 5.10 Å². The van der Waals surface area contributed by atoms with Crippen LogP contribution in [0.1, 0.15) is 21.5 Å². The molecule has 0 saturated heterocycles. The van der Waals surface area contributed by atoms with Gasteiger partial charge >= 0.3 is 0 Å². The molecule has 0 radical (unpaired) electrons. The predicted octanol–water partition coefficient (Wildman–Crippen LogP) is 5.14. The zero-order valence-electron chi connectivity index (χ0n) is 19.1. The quantitative estimate of drug-likeness (QED) is 0.125. The number of carbonyl (C=O) groups is 2. The molecule has 4 aromatic rings. The van der Waals surface area contributed by atoms with Crippen molar-refractivity contribution in [3.63, 3.8) is 0 Å². The molecule has 0 fully saturated rings. The number of nitrogens with zero attached hydrogens (tertiary/aromatic N) is 2. The minimum absolute atomic E-state index is 0.0456. The first-order chi connectivity index (χ1) is 17.8. The van der Waals surface area contributed by atoms with Crippen LogP contribution in [0.2, 0.25) is 0 Å². The number of aromatic hydroxyl groups is 1. The summed E-state index contributed by atoms with van der Waals surface area (Å²) in [4.78, 5) is 36.1. The van der Waals surface area contributed by atoms with Gasteiger partial charge in [0.15, 0.2) is 0 Å². The smallest absolute Gasteiger partial charge is 0.287 e. The van der Waals surface area contributed by atoms with Crippen LogP contribution in [0.4, 0.5) is 5.69 Å². The Kier molecular flexibility index (Phi) is 7.70. The number of fused-ring (bicyclic) bond motifs is 1. The van der Waals surface area contributed by atoms with E-state index in [0.29, 0.717) is 21.2 Å². The van der Waals surface area contributed by atoms with Crippen molar-refractivity contribution in [3.05, 3.63) is 122 Å². The van der Waals surface area contributed by atoms with Gasteiger partial charge in [0.05, 0.1) is 15.6 Å². The van der Waals surface area contributed by atoms with Gasteiger partial charge in [-0.2, -0.15) is 5.10 Å². The molecule has 0 bridgehead atoms. The third kappa shape index (κ3) is 6.06. The number of nitrogens with one attached hydrogen (secondary N) is 2. The van der Waals surface area contributed by atoms with E-state index in [-0.39, 0.29) is 17.1 Å². The van der Waals surface area contributed by atoms with E-state index in [2.05, 4.69) is 31.8 Å². The second kappa shape index (κ2) is 11.3. The third-order valence-electron chi connectivity index (χ3n) is 5.32. The first-order valence-electron chi connectivity index (χ1n) is 10.9. The molecule has 4 aromatic carbocycles. The highest BCUT2D eigenvalue weighted by molar-refractivity contribution is 9.10. The molecular weight excluding hydrogens is 540 g/mol. The Morgan fingerprint density at radius 1 is 0.973 bits per heavy atom. The zero-order valence-corrected chi connectivity index (χ0v) is 20.7. The highest BCUT2D eigenvalue weighted by atomic mass is 79.9. The molecule has 0 atom stereocenters. The summed E-state index contributed by atoms with van der Waals surface area (Å²) in [5.41, 5.74) is 3.29. The van der Waals surface area contributed by atoms with Crippen molar-refractivity contribution in [2.75, 3.05) is 0 Å². The molecule has 0 spiro atoms. The minimum atomic E-state index is -0.738. The number of halogens is 1. The van der Waals surface area contributed by atoms with Crippen molar-refractivity contribution >= 4 is 56.5 Å². The average molecular weight is 559 g/mol. The number of phenols is 1. The van der Waals surface area contributed by atoms with E-state index in [1.165, 1.54) is 36.6 Å². The molecular formula is C27H19BrN4O5. The fourth-order valence-corrected chi connectivity index (χ4v) is 3.94. The van der Waals surface area contributed by atoms with Gasteiger partial charge in [-0.05, 0) is 68.7 Å². The van der Waals surface area contributed by atoms with Crippen molar-refractivity contribution in [1.82, 2.24) is 10.7 Å². The molecule has 184 valence electrons. The van der Waals surface area contributed by atoms with Gasteiger partial charge in [0.2, 0.25) is 0 Å². The largest absolute Gasteiger partial charge is 0.506 e. The van der Waals surface area contributed by atoms with Crippen LogP contribution in [0.3, 0.4) is 0 Å². The van der Waals surface area contributed by atoms with Crippen molar-refractivity contribution in [1.29, 1.82) is 0 Å². The number of hydrogen-bond acceptors (Lipinski definition) is 6. The highest BCUT2D eigenvalue weighted by Crippen LogP contribution is 2.33. The van der Waals surface area contributed by atoms with Gasteiger partial charge in [-0.25, -0.2) is 5.43 Å². The average Bonchev–Trinajstić information content (AvgIpc) is 2.91. The second-order valence-electron chi connectivity index (χ2n) is 7.77. The lowest BCUT2D eigenvalue weighted by Crippen LogP contribution is -2.32. The van der Waals surface area contributed by atoms with Gasteiger partial charge in [-0.15, -0.1) is 0 Å². The van der Waals surface area contributed by atoms with Crippen molar-refractivity contribution in [3.8, 4) is 5.75 Å². The number of amides is 2. The topological polar surface area (TPSA) is 134 Å². The molecule has 0 aliphatic rings. The van der Waals surface area contributed by atoms with Crippen LogP contribution >= 0.6 is 15.9 Å². The van der Waals surface area contributed by atoms with Crippen molar-refractivity contribution in [2.45, 2.75) is 0 Å². The summed E-state index contributed by atoms with van der Waals surface area (Å²) >= 11 is 3.31. The summed E-state index contributed by atoms with van der Waals surface area (Å²) in [6.07, 6.45) is 2.68. The van der Waals surface area contributed by atoms with E-state index >= 15 is 0 Å². The summed E-state index contributed by atoms with van der Waals surface area (Å²) in [5.74, 6) is -1.31. The SMILES string of the molecule is O=C(N/N=C\c1c(O)c(Br)cc2ccccc12)/C(=C/c1ccc([N+](=O)[O-])cc1)NC(=O)c1ccccc1. The number of carbonyl (C=O) groups excluding carboxylic acids is 2. The lowest BCUT2D eigenvalue weighted by Gasteiger charge is -2.10. The molecule has 0 heterocycles. The number of phenolic OH excluding ortho intramolecular Hbond substituents is 1.